The molecule has 0 saturated carbocycles. The zero-order valence-electron chi connectivity index (χ0n) is 8.50. The molecular formula is C11H16ClNO. The maximum Gasteiger partial charge on any atom is 0.0745 e. The van der Waals surface area contributed by atoms with E-state index in [1.54, 1.807) is 13.8 Å². The number of hydrogen-bond acceptors (Lipinski definition) is 2. The molecule has 0 radical (unpaired) electrons. The van der Waals surface area contributed by atoms with Crippen molar-refractivity contribution < 1.29 is 5.11 Å². The van der Waals surface area contributed by atoms with Crippen LogP contribution in [0.5, 0.6) is 0 Å². The summed E-state index contributed by atoms with van der Waals surface area (Å²) in [6.07, 6.45) is 0.653. The van der Waals surface area contributed by atoms with E-state index in [-0.39, 0.29) is 6.04 Å². The van der Waals surface area contributed by atoms with Crippen LogP contribution in [0.3, 0.4) is 0 Å². The fourth-order valence-corrected chi connectivity index (χ4v) is 1.25. The Hall–Kier alpha value is -0.570. The lowest BCUT2D eigenvalue weighted by molar-refractivity contribution is 0.0521. The molecule has 0 aliphatic rings. The van der Waals surface area contributed by atoms with E-state index in [0.717, 1.165) is 5.56 Å². The second-order valence-corrected chi connectivity index (χ2v) is 4.53. The summed E-state index contributed by atoms with van der Waals surface area (Å²) in [6.45, 7) is 3.43. The van der Waals surface area contributed by atoms with Gasteiger partial charge < -0.3 is 10.8 Å². The Kier molecular flexibility index (Phi) is 3.53. The normalized spacial score (nSPS) is 14.1. The third-order valence-electron chi connectivity index (χ3n) is 2.28. The minimum atomic E-state index is -0.848. The second kappa shape index (κ2) is 4.30. The zero-order chi connectivity index (χ0) is 10.8. The first-order chi connectivity index (χ1) is 6.39. The average Bonchev–Trinajstić information content (AvgIpc) is 2.07. The van der Waals surface area contributed by atoms with Crippen molar-refractivity contribution in [1.29, 1.82) is 0 Å². The van der Waals surface area contributed by atoms with E-state index in [2.05, 4.69) is 0 Å². The molecule has 2 nitrogen and oxygen atoms in total. The van der Waals surface area contributed by atoms with Gasteiger partial charge in [-0.2, -0.15) is 0 Å². The third-order valence-corrected chi connectivity index (χ3v) is 2.53. The number of rotatable bonds is 3. The van der Waals surface area contributed by atoms with Crippen molar-refractivity contribution in [3.63, 3.8) is 0 Å². The fraction of sp³-hybridized carbons (Fsp3) is 0.455. The summed E-state index contributed by atoms with van der Waals surface area (Å²) in [5, 5.41) is 10.4. The molecule has 78 valence electrons. The van der Waals surface area contributed by atoms with Gasteiger partial charge in [-0.25, -0.2) is 0 Å². The van der Waals surface area contributed by atoms with Crippen molar-refractivity contribution >= 4 is 11.6 Å². The van der Waals surface area contributed by atoms with Crippen LogP contribution in [0.4, 0.5) is 0 Å². The molecule has 0 amide bonds. The van der Waals surface area contributed by atoms with Crippen LogP contribution in [0.2, 0.25) is 5.02 Å². The smallest absolute Gasteiger partial charge is 0.0745 e. The van der Waals surface area contributed by atoms with Gasteiger partial charge in [-0.1, -0.05) is 23.7 Å². The van der Waals surface area contributed by atoms with Crippen LogP contribution in [0.25, 0.3) is 0 Å². The minimum absolute atomic E-state index is 0.260. The van der Waals surface area contributed by atoms with Gasteiger partial charge >= 0.3 is 0 Å². The quantitative estimate of drug-likeness (QED) is 0.807. The molecule has 1 atom stereocenters. The highest BCUT2D eigenvalue weighted by Crippen LogP contribution is 2.14. The van der Waals surface area contributed by atoms with E-state index >= 15 is 0 Å². The average molecular weight is 214 g/mol. The van der Waals surface area contributed by atoms with Gasteiger partial charge in [-0.15, -0.1) is 0 Å². The van der Waals surface area contributed by atoms with Crippen LogP contribution < -0.4 is 5.73 Å². The Bertz CT molecular complexity index is 289. The van der Waals surface area contributed by atoms with Crippen LogP contribution in [-0.4, -0.2) is 16.7 Å². The van der Waals surface area contributed by atoms with E-state index in [0.29, 0.717) is 11.4 Å². The molecule has 0 aromatic heterocycles. The molecule has 3 N–H and O–H groups in total. The van der Waals surface area contributed by atoms with Gasteiger partial charge in [-0.3, -0.25) is 0 Å². The molecule has 0 aliphatic heterocycles. The standard InChI is InChI=1S/C11H16ClNO/c1-11(2,14)10(13)7-8-3-5-9(12)6-4-8/h3-6,10,14H,7,13H2,1-2H3/t10-/m0/s1. The summed E-state index contributed by atoms with van der Waals surface area (Å²) in [6, 6.07) is 7.24. The fourth-order valence-electron chi connectivity index (χ4n) is 1.12. The summed E-state index contributed by atoms with van der Waals surface area (Å²) in [4.78, 5) is 0. The first-order valence-electron chi connectivity index (χ1n) is 4.62. The SMILES string of the molecule is CC(C)(O)[C@@H](N)Cc1ccc(Cl)cc1. The first kappa shape index (κ1) is 11.5. The van der Waals surface area contributed by atoms with Crippen LogP contribution in [0.15, 0.2) is 24.3 Å². The third kappa shape index (κ3) is 3.29. The topological polar surface area (TPSA) is 46.2 Å². The first-order valence-corrected chi connectivity index (χ1v) is 5.00. The molecule has 0 bridgehead atoms. The lowest BCUT2D eigenvalue weighted by Gasteiger charge is -2.25. The number of nitrogens with two attached hydrogens (primary N) is 1. The molecule has 1 aromatic carbocycles. The highest BCUT2D eigenvalue weighted by molar-refractivity contribution is 6.30. The summed E-state index contributed by atoms with van der Waals surface area (Å²) in [5.74, 6) is 0. The molecule has 0 heterocycles. The number of benzene rings is 1. The minimum Gasteiger partial charge on any atom is -0.389 e. The van der Waals surface area contributed by atoms with Crippen molar-refractivity contribution in [2.75, 3.05) is 0 Å². The lowest BCUT2D eigenvalue weighted by Crippen LogP contribution is -2.44. The van der Waals surface area contributed by atoms with Gasteiger partial charge in [0.15, 0.2) is 0 Å². The Morgan fingerprint density at radius 3 is 2.29 bits per heavy atom. The molecular weight excluding hydrogens is 198 g/mol. The van der Waals surface area contributed by atoms with E-state index < -0.39 is 5.60 Å². The summed E-state index contributed by atoms with van der Waals surface area (Å²) in [7, 11) is 0. The Labute approximate surface area is 89.7 Å². The van der Waals surface area contributed by atoms with Gasteiger partial charge in [0.05, 0.1) is 5.60 Å². The molecule has 3 heteroatoms. The maximum atomic E-state index is 9.65. The summed E-state index contributed by atoms with van der Waals surface area (Å²) < 4.78 is 0. The van der Waals surface area contributed by atoms with Crippen molar-refractivity contribution in [3.05, 3.63) is 34.9 Å². The monoisotopic (exact) mass is 213 g/mol. The molecule has 0 saturated heterocycles. The molecule has 1 rings (SSSR count). The zero-order valence-corrected chi connectivity index (χ0v) is 9.25. The Morgan fingerprint density at radius 2 is 1.86 bits per heavy atom. The predicted octanol–water partition coefficient (Wildman–Crippen LogP) is 1.98. The van der Waals surface area contributed by atoms with Crippen LogP contribution >= 0.6 is 11.6 Å². The Morgan fingerprint density at radius 1 is 1.36 bits per heavy atom. The molecule has 1 aromatic rings. The van der Waals surface area contributed by atoms with Gasteiger partial charge in [0.25, 0.3) is 0 Å². The predicted molar refractivity (Wildman–Crippen MR) is 59.4 cm³/mol. The van der Waals surface area contributed by atoms with E-state index in [1.165, 1.54) is 0 Å². The number of halogens is 1. The molecule has 0 spiro atoms. The van der Waals surface area contributed by atoms with Crippen LogP contribution in [0.1, 0.15) is 19.4 Å². The Balaban J connectivity index is 2.65. The van der Waals surface area contributed by atoms with Gasteiger partial charge in [0.1, 0.15) is 0 Å². The maximum absolute atomic E-state index is 9.65. The highest BCUT2D eigenvalue weighted by atomic mass is 35.5. The van der Waals surface area contributed by atoms with Crippen molar-refractivity contribution in [2.24, 2.45) is 5.73 Å². The second-order valence-electron chi connectivity index (χ2n) is 4.09. The molecule has 0 aliphatic carbocycles. The number of aliphatic hydroxyl groups is 1. The van der Waals surface area contributed by atoms with E-state index in [9.17, 15) is 5.11 Å². The number of hydrogen-bond donors (Lipinski definition) is 2. The largest absolute Gasteiger partial charge is 0.389 e. The van der Waals surface area contributed by atoms with Crippen molar-refractivity contribution in [3.8, 4) is 0 Å². The van der Waals surface area contributed by atoms with Crippen LogP contribution in [0, 0.1) is 0 Å². The van der Waals surface area contributed by atoms with Gasteiger partial charge in [0, 0.05) is 11.1 Å². The van der Waals surface area contributed by atoms with Gasteiger partial charge in [-0.05, 0) is 38.0 Å². The van der Waals surface area contributed by atoms with Crippen molar-refractivity contribution in [1.82, 2.24) is 0 Å². The lowest BCUT2D eigenvalue weighted by atomic mass is 9.93. The molecule has 14 heavy (non-hydrogen) atoms. The van der Waals surface area contributed by atoms with E-state index in [1.807, 2.05) is 24.3 Å². The molecule has 0 fully saturated rings. The van der Waals surface area contributed by atoms with Crippen LogP contribution in [-0.2, 0) is 6.42 Å². The summed E-state index contributed by atoms with van der Waals surface area (Å²) >= 11 is 5.76. The molecule has 0 unspecified atom stereocenters. The van der Waals surface area contributed by atoms with Crippen molar-refractivity contribution in [2.45, 2.75) is 31.9 Å². The summed E-state index contributed by atoms with van der Waals surface area (Å²) in [5.41, 5.74) is 6.08. The van der Waals surface area contributed by atoms with E-state index in [4.69, 9.17) is 17.3 Å². The highest BCUT2D eigenvalue weighted by Gasteiger charge is 2.22. The van der Waals surface area contributed by atoms with Gasteiger partial charge in [0.2, 0.25) is 0 Å².